The van der Waals surface area contributed by atoms with Crippen LogP contribution >= 0.6 is 0 Å². The summed E-state index contributed by atoms with van der Waals surface area (Å²) in [5.41, 5.74) is 5.26. The molecule has 0 spiro atoms. The maximum Gasteiger partial charge on any atom is 0.246 e. The second-order valence-electron chi connectivity index (χ2n) is 4.19. The molecule has 1 aliphatic rings. The molecular weight excluding hydrogens is 206 g/mol. The molecule has 1 fully saturated rings. The summed E-state index contributed by atoms with van der Waals surface area (Å²) in [7, 11) is 0. The Morgan fingerprint density at radius 3 is 3.06 bits per heavy atom. The third-order valence-corrected chi connectivity index (χ3v) is 2.90. The van der Waals surface area contributed by atoms with Gasteiger partial charge < -0.3 is 20.7 Å². The number of carbonyl (C=O) groups excluding carboxylic acids is 1. The van der Waals surface area contributed by atoms with Gasteiger partial charge in [0.1, 0.15) is 6.61 Å². The van der Waals surface area contributed by atoms with Gasteiger partial charge in [0.25, 0.3) is 0 Å². The molecular formula is C11H23N3O2. The highest BCUT2D eigenvalue weighted by atomic mass is 16.5. The molecule has 3 N–H and O–H groups in total. The van der Waals surface area contributed by atoms with E-state index in [-0.39, 0.29) is 12.5 Å². The number of hydrogen-bond acceptors (Lipinski definition) is 4. The highest BCUT2D eigenvalue weighted by molar-refractivity contribution is 5.77. The Labute approximate surface area is 97.3 Å². The Morgan fingerprint density at radius 1 is 1.62 bits per heavy atom. The molecule has 5 nitrogen and oxygen atoms in total. The van der Waals surface area contributed by atoms with Crippen LogP contribution in [0.1, 0.15) is 13.3 Å². The van der Waals surface area contributed by atoms with E-state index in [2.05, 4.69) is 17.1 Å². The number of nitrogens with zero attached hydrogens (tertiary/aromatic N) is 1. The van der Waals surface area contributed by atoms with Gasteiger partial charge in [-0.25, -0.2) is 0 Å². The fourth-order valence-corrected chi connectivity index (χ4v) is 1.92. The molecule has 0 radical (unpaired) electrons. The van der Waals surface area contributed by atoms with Crippen molar-refractivity contribution in [2.75, 3.05) is 45.9 Å². The first-order chi connectivity index (χ1) is 7.76. The van der Waals surface area contributed by atoms with E-state index in [0.717, 1.165) is 26.2 Å². The van der Waals surface area contributed by atoms with Gasteiger partial charge in [0.05, 0.1) is 6.61 Å². The van der Waals surface area contributed by atoms with Crippen LogP contribution in [0.5, 0.6) is 0 Å². The topological polar surface area (TPSA) is 67.6 Å². The van der Waals surface area contributed by atoms with E-state index >= 15 is 0 Å². The van der Waals surface area contributed by atoms with Crippen molar-refractivity contribution in [1.82, 2.24) is 10.2 Å². The number of ether oxygens (including phenoxy) is 1. The van der Waals surface area contributed by atoms with Crippen LogP contribution < -0.4 is 11.1 Å². The zero-order valence-corrected chi connectivity index (χ0v) is 10.1. The Hall–Kier alpha value is -0.650. The van der Waals surface area contributed by atoms with Crippen molar-refractivity contribution in [1.29, 1.82) is 0 Å². The predicted octanol–water partition coefficient (Wildman–Crippen LogP) is -0.580. The van der Waals surface area contributed by atoms with Crippen LogP contribution in [0.3, 0.4) is 0 Å². The van der Waals surface area contributed by atoms with Crippen LogP contribution in [0.15, 0.2) is 0 Å². The van der Waals surface area contributed by atoms with Crippen LogP contribution in [0.4, 0.5) is 0 Å². The van der Waals surface area contributed by atoms with Gasteiger partial charge in [-0.3, -0.25) is 4.79 Å². The van der Waals surface area contributed by atoms with Gasteiger partial charge in [-0.1, -0.05) is 6.92 Å². The summed E-state index contributed by atoms with van der Waals surface area (Å²) >= 11 is 0. The van der Waals surface area contributed by atoms with E-state index in [1.54, 1.807) is 0 Å². The van der Waals surface area contributed by atoms with Gasteiger partial charge in [0.15, 0.2) is 0 Å². The van der Waals surface area contributed by atoms with Crippen molar-refractivity contribution in [3.63, 3.8) is 0 Å². The van der Waals surface area contributed by atoms with Gasteiger partial charge in [-0.2, -0.15) is 0 Å². The van der Waals surface area contributed by atoms with Gasteiger partial charge in [-0.15, -0.1) is 0 Å². The summed E-state index contributed by atoms with van der Waals surface area (Å²) in [5, 5.41) is 2.90. The predicted molar refractivity (Wildman–Crippen MR) is 63.1 cm³/mol. The average Bonchev–Trinajstić information content (AvgIpc) is 2.74. The van der Waals surface area contributed by atoms with E-state index < -0.39 is 0 Å². The molecule has 0 bridgehead atoms. The zero-order valence-electron chi connectivity index (χ0n) is 10.1. The minimum Gasteiger partial charge on any atom is -0.370 e. The number of rotatable bonds is 7. The summed E-state index contributed by atoms with van der Waals surface area (Å²) in [6, 6.07) is 0. The molecule has 16 heavy (non-hydrogen) atoms. The van der Waals surface area contributed by atoms with Crippen LogP contribution in [0.25, 0.3) is 0 Å². The van der Waals surface area contributed by atoms with Crippen molar-refractivity contribution >= 4 is 5.91 Å². The first kappa shape index (κ1) is 13.4. The number of nitrogens with one attached hydrogen (secondary N) is 1. The second kappa shape index (κ2) is 7.60. The number of likely N-dealkylation sites (tertiary alicyclic amines) is 1. The molecule has 1 saturated heterocycles. The normalized spacial score (nSPS) is 21.2. The molecule has 5 heteroatoms. The molecule has 1 rings (SSSR count). The first-order valence-electron chi connectivity index (χ1n) is 6.03. The second-order valence-corrected chi connectivity index (χ2v) is 4.19. The average molecular weight is 229 g/mol. The van der Waals surface area contributed by atoms with Crippen molar-refractivity contribution < 1.29 is 9.53 Å². The molecule has 1 heterocycles. The van der Waals surface area contributed by atoms with E-state index in [9.17, 15) is 4.79 Å². The van der Waals surface area contributed by atoms with Crippen molar-refractivity contribution in [2.45, 2.75) is 13.3 Å². The maximum absolute atomic E-state index is 11.3. The fraction of sp³-hybridized carbons (Fsp3) is 0.909. The number of carbonyl (C=O) groups is 1. The van der Waals surface area contributed by atoms with Crippen molar-refractivity contribution in [3.05, 3.63) is 0 Å². The lowest BCUT2D eigenvalue weighted by Gasteiger charge is -2.13. The largest absolute Gasteiger partial charge is 0.370 e. The highest BCUT2D eigenvalue weighted by Crippen LogP contribution is 2.14. The lowest BCUT2D eigenvalue weighted by Crippen LogP contribution is -2.33. The van der Waals surface area contributed by atoms with Crippen molar-refractivity contribution in [2.24, 2.45) is 11.7 Å². The van der Waals surface area contributed by atoms with E-state index in [1.165, 1.54) is 6.42 Å². The van der Waals surface area contributed by atoms with Gasteiger partial charge >= 0.3 is 0 Å². The summed E-state index contributed by atoms with van der Waals surface area (Å²) < 4.78 is 5.05. The molecule has 0 aromatic heterocycles. The summed E-state index contributed by atoms with van der Waals surface area (Å²) in [6.07, 6.45) is 1.18. The molecule has 1 aliphatic heterocycles. The molecule has 1 unspecified atom stereocenters. The molecule has 1 atom stereocenters. The Kier molecular flexibility index (Phi) is 6.37. The van der Waals surface area contributed by atoms with Crippen LogP contribution in [0.2, 0.25) is 0 Å². The third kappa shape index (κ3) is 4.92. The minimum atomic E-state index is -0.0385. The SMILES string of the molecule is CCN1CCC(CNC(=O)COCCN)C1. The van der Waals surface area contributed by atoms with Gasteiger partial charge in [0.2, 0.25) is 5.91 Å². The Morgan fingerprint density at radius 2 is 2.44 bits per heavy atom. The maximum atomic E-state index is 11.3. The lowest BCUT2D eigenvalue weighted by molar-refractivity contribution is -0.125. The van der Waals surface area contributed by atoms with Crippen LogP contribution in [0, 0.1) is 5.92 Å². The monoisotopic (exact) mass is 229 g/mol. The summed E-state index contributed by atoms with van der Waals surface area (Å²) in [4.78, 5) is 13.7. The van der Waals surface area contributed by atoms with E-state index in [0.29, 0.717) is 19.1 Å². The molecule has 0 aliphatic carbocycles. The summed E-state index contributed by atoms with van der Waals surface area (Å²) in [5.74, 6) is 0.557. The summed E-state index contributed by atoms with van der Waals surface area (Å²) in [6.45, 7) is 7.32. The lowest BCUT2D eigenvalue weighted by atomic mass is 10.1. The number of amides is 1. The Balaban J connectivity index is 2.04. The molecule has 0 aromatic carbocycles. The quantitative estimate of drug-likeness (QED) is 0.573. The molecule has 1 amide bonds. The Bertz CT molecular complexity index is 211. The van der Waals surface area contributed by atoms with Crippen molar-refractivity contribution in [3.8, 4) is 0 Å². The standard InChI is InChI=1S/C11H23N3O2/c1-2-14-5-3-10(8-14)7-13-11(15)9-16-6-4-12/h10H,2-9,12H2,1H3,(H,13,15). The van der Waals surface area contributed by atoms with E-state index in [1.807, 2.05) is 0 Å². The molecule has 0 saturated carbocycles. The van der Waals surface area contributed by atoms with Crippen LogP contribution in [-0.4, -0.2) is 56.7 Å². The van der Waals surface area contributed by atoms with Gasteiger partial charge in [-0.05, 0) is 25.4 Å². The molecule has 0 aromatic rings. The number of hydrogen-bond donors (Lipinski definition) is 2. The minimum absolute atomic E-state index is 0.0385. The van der Waals surface area contributed by atoms with Gasteiger partial charge in [0, 0.05) is 19.6 Å². The smallest absolute Gasteiger partial charge is 0.246 e. The first-order valence-corrected chi connectivity index (χ1v) is 6.03. The number of nitrogens with two attached hydrogens (primary N) is 1. The van der Waals surface area contributed by atoms with Crippen LogP contribution in [-0.2, 0) is 9.53 Å². The fourth-order valence-electron chi connectivity index (χ4n) is 1.92. The zero-order chi connectivity index (χ0) is 11.8. The highest BCUT2D eigenvalue weighted by Gasteiger charge is 2.21. The molecule has 94 valence electrons. The van der Waals surface area contributed by atoms with E-state index in [4.69, 9.17) is 10.5 Å². The third-order valence-electron chi connectivity index (χ3n) is 2.90.